The third kappa shape index (κ3) is 6.43. The van der Waals surface area contributed by atoms with Crippen molar-refractivity contribution in [1.82, 2.24) is 5.32 Å². The van der Waals surface area contributed by atoms with E-state index in [0.29, 0.717) is 31.0 Å². The number of hydrogen-bond donors (Lipinski definition) is 1. The molecule has 1 N–H and O–H groups in total. The number of ether oxygens (including phenoxy) is 2. The summed E-state index contributed by atoms with van der Waals surface area (Å²) in [4.78, 5) is 22.8. The van der Waals surface area contributed by atoms with Crippen molar-refractivity contribution >= 4 is 11.9 Å². The third-order valence-corrected chi connectivity index (χ3v) is 3.68. The summed E-state index contributed by atoms with van der Waals surface area (Å²) < 4.78 is 15.4. The lowest BCUT2D eigenvalue weighted by Gasteiger charge is -2.14. The number of esters is 2. The van der Waals surface area contributed by atoms with E-state index in [1.54, 1.807) is 12.1 Å². The van der Waals surface area contributed by atoms with Crippen LogP contribution in [-0.2, 0) is 38.6 Å². The molecule has 1 atom stereocenters. The molecular weight excluding hydrogens is 322 g/mol. The number of benzene rings is 1. The van der Waals surface area contributed by atoms with Gasteiger partial charge in [0.05, 0.1) is 13.0 Å². The summed E-state index contributed by atoms with van der Waals surface area (Å²) in [6.07, 6.45) is 0.411. The SMILES string of the molecule is COC(=O)C(CNCc1ccccc1)Cc1ccc(COC(C)=O)o1. The summed E-state index contributed by atoms with van der Waals surface area (Å²) in [5, 5.41) is 3.27. The van der Waals surface area contributed by atoms with E-state index < -0.39 is 0 Å². The Morgan fingerprint density at radius 1 is 1.12 bits per heavy atom. The van der Waals surface area contributed by atoms with Gasteiger partial charge in [-0.15, -0.1) is 0 Å². The normalized spacial score (nSPS) is 11.8. The minimum absolute atomic E-state index is 0.0878. The molecule has 0 spiro atoms. The van der Waals surface area contributed by atoms with Crippen molar-refractivity contribution < 1.29 is 23.5 Å². The van der Waals surface area contributed by atoms with Gasteiger partial charge in [-0.1, -0.05) is 30.3 Å². The lowest BCUT2D eigenvalue weighted by Crippen LogP contribution is -2.30. The van der Waals surface area contributed by atoms with Crippen molar-refractivity contribution in [1.29, 1.82) is 0 Å². The van der Waals surface area contributed by atoms with E-state index >= 15 is 0 Å². The summed E-state index contributed by atoms with van der Waals surface area (Å²) in [5.41, 5.74) is 1.15. The van der Waals surface area contributed by atoms with Gasteiger partial charge in [0.2, 0.25) is 0 Å². The highest BCUT2D eigenvalue weighted by molar-refractivity contribution is 5.72. The summed E-state index contributed by atoms with van der Waals surface area (Å²) in [7, 11) is 1.38. The van der Waals surface area contributed by atoms with Crippen LogP contribution in [0.3, 0.4) is 0 Å². The van der Waals surface area contributed by atoms with Gasteiger partial charge in [-0.05, 0) is 17.7 Å². The first-order valence-corrected chi connectivity index (χ1v) is 8.12. The van der Waals surface area contributed by atoms with Gasteiger partial charge in [-0.2, -0.15) is 0 Å². The average molecular weight is 345 g/mol. The molecule has 1 heterocycles. The Bertz CT molecular complexity index is 680. The van der Waals surface area contributed by atoms with Gasteiger partial charge < -0.3 is 19.2 Å². The zero-order chi connectivity index (χ0) is 18.1. The van der Waals surface area contributed by atoms with Crippen LogP contribution in [0.15, 0.2) is 46.9 Å². The first kappa shape index (κ1) is 18.7. The molecule has 0 fully saturated rings. The van der Waals surface area contributed by atoms with Crippen LogP contribution >= 0.6 is 0 Å². The molecule has 0 aliphatic rings. The third-order valence-electron chi connectivity index (χ3n) is 3.68. The fourth-order valence-electron chi connectivity index (χ4n) is 2.42. The number of methoxy groups -OCH3 is 1. The summed E-state index contributed by atoms with van der Waals surface area (Å²) in [6.45, 7) is 2.58. The van der Waals surface area contributed by atoms with Crippen LogP contribution in [0, 0.1) is 5.92 Å². The molecule has 2 aromatic rings. The molecule has 0 amide bonds. The summed E-state index contributed by atoms with van der Waals surface area (Å²) in [5.74, 6) is 0.181. The highest BCUT2D eigenvalue weighted by Gasteiger charge is 2.21. The quantitative estimate of drug-likeness (QED) is 0.704. The maximum absolute atomic E-state index is 12.0. The molecule has 25 heavy (non-hydrogen) atoms. The fraction of sp³-hybridized carbons (Fsp3) is 0.368. The monoisotopic (exact) mass is 345 g/mol. The zero-order valence-electron chi connectivity index (χ0n) is 14.5. The molecule has 6 heteroatoms. The molecule has 1 aromatic heterocycles. The van der Waals surface area contributed by atoms with Crippen molar-refractivity contribution in [3.8, 4) is 0 Å². The van der Waals surface area contributed by atoms with E-state index in [-0.39, 0.29) is 24.5 Å². The van der Waals surface area contributed by atoms with Gasteiger partial charge in [-0.25, -0.2) is 0 Å². The van der Waals surface area contributed by atoms with Crippen LogP contribution in [0.5, 0.6) is 0 Å². The number of rotatable bonds is 9. The predicted molar refractivity (Wildman–Crippen MR) is 91.5 cm³/mol. The number of nitrogens with one attached hydrogen (secondary N) is 1. The lowest BCUT2D eigenvalue weighted by atomic mass is 10.0. The van der Waals surface area contributed by atoms with Crippen LogP contribution in [0.2, 0.25) is 0 Å². The smallest absolute Gasteiger partial charge is 0.310 e. The van der Waals surface area contributed by atoms with Crippen molar-refractivity contribution in [3.63, 3.8) is 0 Å². The van der Waals surface area contributed by atoms with Gasteiger partial charge in [0, 0.05) is 26.4 Å². The van der Waals surface area contributed by atoms with Gasteiger partial charge >= 0.3 is 11.9 Å². The maximum Gasteiger partial charge on any atom is 0.310 e. The highest BCUT2D eigenvalue weighted by Crippen LogP contribution is 2.15. The molecule has 0 saturated carbocycles. The predicted octanol–water partition coefficient (Wildman–Crippen LogP) is 2.46. The van der Waals surface area contributed by atoms with Crippen molar-refractivity contribution in [2.24, 2.45) is 5.92 Å². The Morgan fingerprint density at radius 2 is 1.84 bits per heavy atom. The van der Waals surface area contributed by atoms with Crippen LogP contribution in [-0.4, -0.2) is 25.6 Å². The van der Waals surface area contributed by atoms with Crippen LogP contribution in [0.1, 0.15) is 24.0 Å². The van der Waals surface area contributed by atoms with E-state index in [4.69, 9.17) is 13.9 Å². The number of hydrogen-bond acceptors (Lipinski definition) is 6. The lowest BCUT2D eigenvalue weighted by molar-refractivity contribution is -0.145. The van der Waals surface area contributed by atoms with Gasteiger partial charge in [0.1, 0.15) is 18.1 Å². The Labute approximate surface area is 147 Å². The van der Waals surface area contributed by atoms with Crippen LogP contribution in [0.25, 0.3) is 0 Å². The van der Waals surface area contributed by atoms with Crippen LogP contribution in [0.4, 0.5) is 0 Å². The molecule has 0 aliphatic heterocycles. The van der Waals surface area contributed by atoms with E-state index in [9.17, 15) is 9.59 Å². The summed E-state index contributed by atoms with van der Waals surface area (Å²) >= 11 is 0. The van der Waals surface area contributed by atoms with Crippen LogP contribution < -0.4 is 5.32 Å². The molecule has 0 saturated heterocycles. The Hall–Kier alpha value is -2.60. The molecule has 0 aliphatic carbocycles. The maximum atomic E-state index is 12.0. The second-order valence-corrected chi connectivity index (χ2v) is 5.69. The topological polar surface area (TPSA) is 77.8 Å². The molecular formula is C19H23NO5. The van der Waals surface area contributed by atoms with Gasteiger partial charge in [0.25, 0.3) is 0 Å². The first-order chi connectivity index (χ1) is 12.1. The average Bonchev–Trinajstić information content (AvgIpc) is 3.07. The largest absolute Gasteiger partial charge is 0.469 e. The number of furan rings is 1. The Balaban J connectivity index is 1.89. The molecule has 1 aromatic carbocycles. The van der Waals surface area contributed by atoms with Gasteiger partial charge in [-0.3, -0.25) is 9.59 Å². The van der Waals surface area contributed by atoms with E-state index in [1.807, 2.05) is 30.3 Å². The zero-order valence-corrected chi connectivity index (χ0v) is 14.5. The van der Waals surface area contributed by atoms with Crippen molar-refractivity contribution in [3.05, 3.63) is 59.5 Å². The molecule has 1 unspecified atom stereocenters. The fourth-order valence-corrected chi connectivity index (χ4v) is 2.42. The Kier molecular flexibility index (Phi) is 7.22. The number of carbonyl (C=O) groups is 2. The summed E-state index contributed by atoms with van der Waals surface area (Å²) in [6, 6.07) is 13.5. The van der Waals surface area contributed by atoms with E-state index in [1.165, 1.54) is 14.0 Å². The van der Waals surface area contributed by atoms with E-state index in [2.05, 4.69) is 5.32 Å². The van der Waals surface area contributed by atoms with Crippen molar-refractivity contribution in [2.45, 2.75) is 26.5 Å². The molecule has 6 nitrogen and oxygen atoms in total. The van der Waals surface area contributed by atoms with E-state index in [0.717, 1.165) is 5.56 Å². The first-order valence-electron chi connectivity index (χ1n) is 8.12. The molecule has 0 bridgehead atoms. The van der Waals surface area contributed by atoms with Gasteiger partial charge in [0.15, 0.2) is 0 Å². The number of carbonyl (C=O) groups excluding carboxylic acids is 2. The Morgan fingerprint density at radius 3 is 2.52 bits per heavy atom. The minimum atomic E-state index is -0.365. The second kappa shape index (κ2) is 9.64. The molecule has 0 radical (unpaired) electrons. The minimum Gasteiger partial charge on any atom is -0.469 e. The van der Waals surface area contributed by atoms with Crippen molar-refractivity contribution in [2.75, 3.05) is 13.7 Å². The molecule has 134 valence electrons. The molecule has 2 rings (SSSR count). The highest BCUT2D eigenvalue weighted by atomic mass is 16.5. The standard InChI is InChI=1S/C19H23NO5/c1-14(21)24-13-18-9-8-17(25-18)10-16(19(22)23-2)12-20-11-15-6-4-3-5-7-15/h3-9,16,20H,10-13H2,1-2H3. The second-order valence-electron chi connectivity index (χ2n) is 5.69.